The van der Waals surface area contributed by atoms with E-state index in [0.717, 1.165) is 37.0 Å². The average Bonchev–Trinajstić information content (AvgIpc) is 3.40. The number of nitrogens with zero attached hydrogens (tertiary/aromatic N) is 2. The lowest BCUT2D eigenvalue weighted by Crippen LogP contribution is -2.32. The molecule has 1 N–H and O–H groups in total. The number of rotatable bonds is 7. The number of nitrogens with one attached hydrogen (secondary N) is 1. The zero-order valence-electron chi connectivity index (χ0n) is 18.7. The molecule has 1 atom stereocenters. The van der Waals surface area contributed by atoms with Gasteiger partial charge in [-0.2, -0.15) is 0 Å². The maximum Gasteiger partial charge on any atom is 0.254 e. The van der Waals surface area contributed by atoms with Crippen molar-refractivity contribution in [2.45, 2.75) is 52.2 Å². The van der Waals surface area contributed by atoms with Crippen LogP contribution in [0.1, 0.15) is 63.0 Å². The van der Waals surface area contributed by atoms with Crippen LogP contribution in [0.5, 0.6) is 0 Å². The highest BCUT2D eigenvalue weighted by Crippen LogP contribution is 2.32. The third-order valence-electron chi connectivity index (χ3n) is 6.63. The molecular weight excluding hydrogens is 386 g/mol. The Balaban J connectivity index is 1.52. The Morgan fingerprint density at radius 3 is 2.71 bits per heavy atom. The van der Waals surface area contributed by atoms with Gasteiger partial charge in [-0.15, -0.1) is 0 Å². The number of benzene rings is 2. The molecule has 0 aliphatic carbocycles. The lowest BCUT2D eigenvalue weighted by Gasteiger charge is -2.19. The van der Waals surface area contributed by atoms with Gasteiger partial charge in [-0.3, -0.25) is 4.79 Å². The van der Waals surface area contributed by atoms with Crippen molar-refractivity contribution in [3.05, 3.63) is 69.3 Å². The normalized spacial score (nSPS) is 18.2. The molecule has 162 valence electrons. The fraction of sp³-hybridized carbons (Fsp3) is 0.423. The van der Waals surface area contributed by atoms with Crippen molar-refractivity contribution in [2.24, 2.45) is 4.99 Å². The minimum atomic E-state index is 0.135. The summed E-state index contributed by atoms with van der Waals surface area (Å²) in [5, 5.41) is 8.15. The van der Waals surface area contributed by atoms with Gasteiger partial charge in [-0.25, -0.2) is 0 Å². The Kier molecular flexibility index (Phi) is 6.33. The quantitative estimate of drug-likeness (QED) is 0.675. The Morgan fingerprint density at radius 2 is 2.03 bits per heavy atom. The van der Waals surface area contributed by atoms with Crippen molar-refractivity contribution in [1.82, 2.24) is 4.90 Å². The van der Waals surface area contributed by atoms with Crippen LogP contribution in [0.15, 0.2) is 35.3 Å². The first kappa shape index (κ1) is 21.4. The lowest BCUT2D eigenvalue weighted by molar-refractivity contribution is 0.0545. The summed E-state index contributed by atoms with van der Waals surface area (Å²) >= 11 is 0. The third kappa shape index (κ3) is 4.47. The minimum absolute atomic E-state index is 0.135. The summed E-state index contributed by atoms with van der Waals surface area (Å²) in [4.78, 5) is 19.0. The van der Waals surface area contributed by atoms with E-state index < -0.39 is 0 Å². The molecule has 1 unspecified atom stereocenters. The summed E-state index contributed by atoms with van der Waals surface area (Å²) in [6.07, 6.45) is 5.40. The van der Waals surface area contributed by atoms with Crippen LogP contribution >= 0.6 is 0 Å². The Bertz CT molecular complexity index is 1020. The van der Waals surface area contributed by atoms with Crippen molar-refractivity contribution >= 4 is 17.8 Å². The molecule has 1 amide bonds. The van der Waals surface area contributed by atoms with E-state index in [4.69, 9.17) is 10.1 Å². The van der Waals surface area contributed by atoms with E-state index in [2.05, 4.69) is 37.0 Å². The van der Waals surface area contributed by atoms with Gasteiger partial charge in [-0.1, -0.05) is 24.3 Å². The summed E-state index contributed by atoms with van der Waals surface area (Å²) < 4.78 is 5.75. The van der Waals surface area contributed by atoms with E-state index in [1.165, 1.54) is 27.8 Å². The second kappa shape index (κ2) is 9.15. The van der Waals surface area contributed by atoms with Gasteiger partial charge >= 0.3 is 0 Å². The van der Waals surface area contributed by atoms with Crippen LogP contribution in [-0.4, -0.2) is 49.0 Å². The highest BCUT2D eigenvalue weighted by Gasteiger charge is 2.32. The van der Waals surface area contributed by atoms with Crippen LogP contribution in [0, 0.1) is 19.3 Å². The second-order valence-corrected chi connectivity index (χ2v) is 8.63. The smallest absolute Gasteiger partial charge is 0.254 e. The molecule has 2 aromatic rings. The molecule has 2 aliphatic heterocycles. The molecule has 5 heteroatoms. The van der Waals surface area contributed by atoms with Crippen LogP contribution in [-0.2, 0) is 17.7 Å². The minimum Gasteiger partial charge on any atom is -0.376 e. The van der Waals surface area contributed by atoms with E-state index in [1.54, 1.807) is 13.3 Å². The van der Waals surface area contributed by atoms with Gasteiger partial charge in [0.05, 0.1) is 6.10 Å². The molecule has 2 aliphatic rings. The molecule has 2 heterocycles. The number of carbonyl (C=O) groups is 1. The van der Waals surface area contributed by atoms with Crippen LogP contribution < -0.4 is 0 Å². The van der Waals surface area contributed by atoms with Crippen molar-refractivity contribution in [3.8, 4) is 0 Å². The van der Waals surface area contributed by atoms with Crippen molar-refractivity contribution in [3.63, 3.8) is 0 Å². The zero-order chi connectivity index (χ0) is 22.0. The summed E-state index contributed by atoms with van der Waals surface area (Å²) in [6.45, 7) is 6.50. The summed E-state index contributed by atoms with van der Waals surface area (Å²) in [6, 6.07) is 10.3. The number of carbonyl (C=O) groups excluding carboxylic acids is 1. The fourth-order valence-electron chi connectivity index (χ4n) is 4.58. The molecule has 2 aromatic carbocycles. The molecule has 0 aromatic heterocycles. The van der Waals surface area contributed by atoms with Gasteiger partial charge in [0, 0.05) is 50.7 Å². The largest absolute Gasteiger partial charge is 0.376 e. The van der Waals surface area contributed by atoms with Gasteiger partial charge in [0.1, 0.15) is 0 Å². The van der Waals surface area contributed by atoms with Crippen molar-refractivity contribution in [2.75, 3.05) is 20.2 Å². The zero-order valence-corrected chi connectivity index (χ0v) is 18.7. The van der Waals surface area contributed by atoms with E-state index >= 15 is 0 Å². The molecule has 4 rings (SSSR count). The Labute approximate surface area is 184 Å². The molecule has 1 saturated heterocycles. The topological polar surface area (TPSA) is 65.8 Å². The predicted octanol–water partition coefficient (Wildman–Crippen LogP) is 4.49. The first-order valence-electron chi connectivity index (χ1n) is 11.1. The van der Waals surface area contributed by atoms with Gasteiger partial charge in [0.25, 0.3) is 5.91 Å². The van der Waals surface area contributed by atoms with Crippen LogP contribution in [0.25, 0.3) is 0 Å². The van der Waals surface area contributed by atoms with E-state index in [0.29, 0.717) is 25.2 Å². The molecule has 5 nitrogen and oxygen atoms in total. The molecular formula is C26H31N3O2. The number of hydrogen-bond acceptors (Lipinski definition) is 4. The summed E-state index contributed by atoms with van der Waals surface area (Å²) in [5.74, 6) is 0.135. The number of fused-ring (bicyclic) bond motifs is 1. The average molecular weight is 418 g/mol. The third-order valence-corrected chi connectivity index (χ3v) is 6.63. The molecule has 0 spiro atoms. The van der Waals surface area contributed by atoms with Gasteiger partial charge in [-0.05, 0) is 72.6 Å². The SMILES string of the molecule is CN=CCC(=N)c1ccc(Cc2cc3c(c(C)c2C)CN(CC2CCCO2)C3=O)cc1. The maximum absolute atomic E-state index is 13.1. The number of aliphatic imine (C=N–C) groups is 1. The number of amides is 1. The first-order valence-corrected chi connectivity index (χ1v) is 11.1. The van der Waals surface area contributed by atoms with E-state index in [1.807, 2.05) is 17.0 Å². The van der Waals surface area contributed by atoms with Gasteiger partial charge in [0.15, 0.2) is 0 Å². The maximum atomic E-state index is 13.1. The Morgan fingerprint density at radius 1 is 1.26 bits per heavy atom. The van der Waals surface area contributed by atoms with Crippen molar-refractivity contribution in [1.29, 1.82) is 5.41 Å². The highest BCUT2D eigenvalue weighted by molar-refractivity contribution is 6.05. The second-order valence-electron chi connectivity index (χ2n) is 8.63. The van der Waals surface area contributed by atoms with Crippen LogP contribution in [0.3, 0.4) is 0 Å². The standard InChI is InChI=1S/C26H31N3O2/c1-17-18(2)24-16-29(15-22-5-4-12-31-22)26(30)23(24)14-21(17)13-19-6-8-20(9-7-19)25(27)10-11-28-3/h6-9,11,14,22,27H,4-5,10,12-13,15-16H2,1-3H3. The van der Waals surface area contributed by atoms with Crippen LogP contribution in [0.4, 0.5) is 0 Å². The monoisotopic (exact) mass is 417 g/mol. The van der Waals surface area contributed by atoms with E-state index in [-0.39, 0.29) is 12.0 Å². The molecule has 0 bridgehead atoms. The number of hydrogen-bond donors (Lipinski definition) is 1. The predicted molar refractivity (Wildman–Crippen MR) is 125 cm³/mol. The Hall–Kier alpha value is -2.79. The van der Waals surface area contributed by atoms with Gasteiger partial charge < -0.3 is 20.0 Å². The van der Waals surface area contributed by atoms with Gasteiger partial charge in [0.2, 0.25) is 0 Å². The highest BCUT2D eigenvalue weighted by atomic mass is 16.5. The fourth-order valence-corrected chi connectivity index (χ4v) is 4.58. The summed E-state index contributed by atoms with van der Waals surface area (Å²) in [7, 11) is 1.73. The lowest BCUT2D eigenvalue weighted by atomic mass is 9.91. The number of ether oxygens (including phenoxy) is 1. The molecule has 0 saturated carbocycles. The van der Waals surface area contributed by atoms with E-state index in [9.17, 15) is 4.79 Å². The first-order chi connectivity index (χ1) is 15.0. The van der Waals surface area contributed by atoms with Crippen LogP contribution in [0.2, 0.25) is 0 Å². The molecule has 0 radical (unpaired) electrons. The summed E-state index contributed by atoms with van der Waals surface area (Å²) in [5.41, 5.74) is 8.40. The van der Waals surface area contributed by atoms with Crippen molar-refractivity contribution < 1.29 is 9.53 Å². The molecule has 31 heavy (non-hydrogen) atoms. The molecule has 1 fully saturated rings.